The Bertz CT molecular complexity index is 693. The zero-order valence-electron chi connectivity index (χ0n) is 13.7. The first-order valence-electron chi connectivity index (χ1n) is 8.01. The summed E-state index contributed by atoms with van der Waals surface area (Å²) in [5, 5.41) is 2.80. The number of anilines is 1. The van der Waals surface area contributed by atoms with Crippen LogP contribution in [0.15, 0.2) is 66.7 Å². The van der Waals surface area contributed by atoms with E-state index in [1.165, 1.54) is 6.08 Å². The highest BCUT2D eigenvalue weighted by atomic mass is 16.5. The number of para-hydroxylation sites is 1. The van der Waals surface area contributed by atoms with E-state index in [0.29, 0.717) is 17.9 Å². The Kier molecular flexibility index (Phi) is 6.77. The molecular formula is C20H21NO3. The van der Waals surface area contributed by atoms with Gasteiger partial charge in [0.05, 0.1) is 12.2 Å². The van der Waals surface area contributed by atoms with Crippen LogP contribution in [-0.2, 0) is 14.3 Å². The summed E-state index contributed by atoms with van der Waals surface area (Å²) < 4.78 is 5.14. The van der Waals surface area contributed by atoms with Gasteiger partial charge in [0.1, 0.15) is 0 Å². The molecule has 0 spiro atoms. The third kappa shape index (κ3) is 5.39. The summed E-state index contributed by atoms with van der Waals surface area (Å²) in [5.74, 6) is -0.856. The van der Waals surface area contributed by atoms with E-state index in [1.807, 2.05) is 43.3 Å². The molecule has 2 rings (SSSR count). The fourth-order valence-electron chi connectivity index (χ4n) is 2.09. The Balaban J connectivity index is 2.19. The fraction of sp³-hybridized carbons (Fsp3) is 0.200. The lowest BCUT2D eigenvalue weighted by atomic mass is 10.0. The number of carbonyl (C=O) groups is 2. The number of rotatable bonds is 7. The van der Waals surface area contributed by atoms with Crippen molar-refractivity contribution in [1.29, 1.82) is 0 Å². The van der Waals surface area contributed by atoms with Gasteiger partial charge in [-0.15, -0.1) is 0 Å². The third-order valence-electron chi connectivity index (χ3n) is 3.37. The van der Waals surface area contributed by atoms with Crippen molar-refractivity contribution < 1.29 is 14.3 Å². The highest BCUT2D eigenvalue weighted by Gasteiger charge is 2.14. The van der Waals surface area contributed by atoms with E-state index in [2.05, 4.69) is 5.32 Å². The van der Waals surface area contributed by atoms with Gasteiger partial charge in [-0.2, -0.15) is 0 Å². The van der Waals surface area contributed by atoms with Gasteiger partial charge in [0.25, 0.3) is 5.91 Å². The first-order valence-corrected chi connectivity index (χ1v) is 8.01. The predicted molar refractivity (Wildman–Crippen MR) is 95.4 cm³/mol. The van der Waals surface area contributed by atoms with Gasteiger partial charge >= 0.3 is 5.97 Å². The fourth-order valence-corrected chi connectivity index (χ4v) is 2.09. The van der Waals surface area contributed by atoms with E-state index in [0.717, 1.165) is 12.8 Å². The summed E-state index contributed by atoms with van der Waals surface area (Å²) in [4.78, 5) is 24.6. The van der Waals surface area contributed by atoms with Gasteiger partial charge < -0.3 is 10.1 Å². The normalized spacial score (nSPS) is 11.0. The molecule has 24 heavy (non-hydrogen) atoms. The highest BCUT2D eigenvalue weighted by Crippen LogP contribution is 2.17. The zero-order valence-corrected chi connectivity index (χ0v) is 13.7. The Morgan fingerprint density at radius 1 is 1.00 bits per heavy atom. The second-order valence-electron chi connectivity index (χ2n) is 5.27. The number of esters is 1. The van der Waals surface area contributed by atoms with Crippen LogP contribution in [0.5, 0.6) is 0 Å². The van der Waals surface area contributed by atoms with Crippen molar-refractivity contribution in [3.63, 3.8) is 0 Å². The monoisotopic (exact) mass is 323 g/mol. The molecule has 0 saturated carbocycles. The number of amides is 1. The van der Waals surface area contributed by atoms with Crippen LogP contribution in [0.1, 0.15) is 25.3 Å². The molecule has 4 heteroatoms. The van der Waals surface area contributed by atoms with Crippen molar-refractivity contribution in [3.05, 3.63) is 72.3 Å². The highest BCUT2D eigenvalue weighted by molar-refractivity contribution is 6.27. The molecule has 0 radical (unpaired) electrons. The molecule has 0 fully saturated rings. The number of hydrogen-bond donors (Lipinski definition) is 1. The molecule has 0 heterocycles. The number of benzene rings is 2. The maximum atomic E-state index is 12.6. The van der Waals surface area contributed by atoms with E-state index in [1.54, 1.807) is 24.3 Å². The van der Waals surface area contributed by atoms with Crippen LogP contribution in [0.3, 0.4) is 0 Å². The van der Waals surface area contributed by atoms with Crippen molar-refractivity contribution >= 4 is 23.1 Å². The Labute approximate surface area is 142 Å². The summed E-state index contributed by atoms with van der Waals surface area (Å²) in [5.41, 5.74) is 1.61. The molecule has 0 aromatic heterocycles. The van der Waals surface area contributed by atoms with Crippen molar-refractivity contribution in [1.82, 2.24) is 0 Å². The molecule has 1 N–H and O–H groups in total. The van der Waals surface area contributed by atoms with Crippen LogP contribution in [0.2, 0.25) is 0 Å². The summed E-state index contributed by atoms with van der Waals surface area (Å²) in [7, 11) is 0. The van der Waals surface area contributed by atoms with Crippen LogP contribution in [-0.4, -0.2) is 18.5 Å². The zero-order chi connectivity index (χ0) is 17.2. The minimum atomic E-state index is -0.509. The number of ether oxygens (including phenoxy) is 1. The Hall–Kier alpha value is -2.88. The molecule has 2 aromatic carbocycles. The molecule has 0 bridgehead atoms. The third-order valence-corrected chi connectivity index (χ3v) is 3.37. The van der Waals surface area contributed by atoms with Crippen LogP contribution in [0, 0.1) is 0 Å². The number of nitrogens with one attached hydrogen (secondary N) is 1. The van der Waals surface area contributed by atoms with Crippen molar-refractivity contribution in [2.45, 2.75) is 19.8 Å². The van der Waals surface area contributed by atoms with E-state index < -0.39 is 5.97 Å². The number of carbonyl (C=O) groups excluding carboxylic acids is 2. The second-order valence-corrected chi connectivity index (χ2v) is 5.27. The molecule has 2 aromatic rings. The summed E-state index contributed by atoms with van der Waals surface area (Å²) in [6.07, 6.45) is 3.00. The van der Waals surface area contributed by atoms with E-state index in [4.69, 9.17) is 4.74 Å². The molecule has 0 aliphatic rings. The van der Waals surface area contributed by atoms with Gasteiger partial charge in [0.15, 0.2) is 0 Å². The largest absolute Gasteiger partial charge is 0.463 e. The van der Waals surface area contributed by atoms with Crippen LogP contribution >= 0.6 is 0 Å². The first-order chi connectivity index (χ1) is 11.7. The Morgan fingerprint density at radius 3 is 2.25 bits per heavy atom. The van der Waals surface area contributed by atoms with Gasteiger partial charge in [-0.25, -0.2) is 4.79 Å². The van der Waals surface area contributed by atoms with E-state index in [9.17, 15) is 9.59 Å². The van der Waals surface area contributed by atoms with Gasteiger partial charge in [-0.1, -0.05) is 61.9 Å². The maximum Gasteiger partial charge on any atom is 0.331 e. The second kappa shape index (κ2) is 9.30. The quantitative estimate of drug-likeness (QED) is 0.475. The van der Waals surface area contributed by atoms with Crippen LogP contribution < -0.4 is 5.32 Å². The maximum absolute atomic E-state index is 12.6. The van der Waals surface area contributed by atoms with Gasteiger partial charge in [0, 0.05) is 11.8 Å². The molecular weight excluding hydrogens is 302 g/mol. The minimum Gasteiger partial charge on any atom is -0.463 e. The molecule has 0 unspecified atom stereocenters. The lowest BCUT2D eigenvalue weighted by Crippen LogP contribution is -2.15. The minimum absolute atomic E-state index is 0.279. The van der Waals surface area contributed by atoms with Gasteiger partial charge in [-0.3, -0.25) is 4.79 Å². The lowest BCUT2D eigenvalue weighted by molar-refractivity contribution is -0.137. The van der Waals surface area contributed by atoms with Crippen molar-refractivity contribution in [2.24, 2.45) is 0 Å². The molecule has 0 atom stereocenters. The first kappa shape index (κ1) is 17.5. The SMILES string of the molecule is CCCCOC(=O)/C=C(/C(=O)Nc1ccccc1)c1ccccc1. The molecule has 124 valence electrons. The van der Waals surface area contributed by atoms with E-state index >= 15 is 0 Å². The van der Waals surface area contributed by atoms with Crippen molar-refractivity contribution in [3.8, 4) is 0 Å². The molecule has 0 aliphatic carbocycles. The molecule has 4 nitrogen and oxygen atoms in total. The predicted octanol–water partition coefficient (Wildman–Crippen LogP) is 4.05. The Morgan fingerprint density at radius 2 is 1.62 bits per heavy atom. The number of unbranched alkanes of at least 4 members (excludes halogenated alkanes) is 1. The smallest absolute Gasteiger partial charge is 0.331 e. The molecule has 0 saturated heterocycles. The van der Waals surface area contributed by atoms with Gasteiger partial charge in [-0.05, 0) is 24.1 Å². The lowest BCUT2D eigenvalue weighted by Gasteiger charge is -2.09. The van der Waals surface area contributed by atoms with Crippen LogP contribution in [0.25, 0.3) is 5.57 Å². The average Bonchev–Trinajstić information content (AvgIpc) is 2.61. The number of hydrogen-bond acceptors (Lipinski definition) is 3. The standard InChI is InChI=1S/C20H21NO3/c1-2-3-14-24-19(22)15-18(16-10-6-4-7-11-16)20(23)21-17-12-8-5-9-13-17/h4-13,15H,2-3,14H2,1H3,(H,21,23)/b18-15+. The van der Waals surface area contributed by atoms with Gasteiger partial charge in [0.2, 0.25) is 0 Å². The molecule has 1 amide bonds. The summed E-state index contributed by atoms with van der Waals surface area (Å²) in [6.45, 7) is 2.38. The summed E-state index contributed by atoms with van der Waals surface area (Å²) in [6, 6.07) is 18.2. The van der Waals surface area contributed by atoms with E-state index in [-0.39, 0.29) is 11.5 Å². The topological polar surface area (TPSA) is 55.4 Å². The molecule has 0 aliphatic heterocycles. The summed E-state index contributed by atoms with van der Waals surface area (Å²) >= 11 is 0. The van der Waals surface area contributed by atoms with Crippen LogP contribution in [0.4, 0.5) is 5.69 Å². The average molecular weight is 323 g/mol. The van der Waals surface area contributed by atoms with Crippen molar-refractivity contribution in [2.75, 3.05) is 11.9 Å².